The van der Waals surface area contributed by atoms with Crippen LogP contribution < -0.4 is 11.2 Å². The minimum atomic E-state index is -2.25. The summed E-state index contributed by atoms with van der Waals surface area (Å²) in [6, 6.07) is -0.940. The molecule has 18 heavy (non-hydrogen) atoms. The molecule has 0 aliphatic heterocycles. The number of carbonyl (C=O) groups excluding carboxylic acids is 2. The lowest BCUT2D eigenvalue weighted by Gasteiger charge is -2.21. The van der Waals surface area contributed by atoms with E-state index in [4.69, 9.17) is 30.7 Å². The van der Waals surface area contributed by atoms with Gasteiger partial charge in [-0.25, -0.2) is 15.1 Å². The van der Waals surface area contributed by atoms with Crippen LogP contribution in [0.4, 0.5) is 4.79 Å². The van der Waals surface area contributed by atoms with Gasteiger partial charge in [0.25, 0.3) is 0 Å². The Bertz CT molecular complexity index is 284. The van der Waals surface area contributed by atoms with Crippen molar-refractivity contribution >= 4 is 18.3 Å². The zero-order chi connectivity index (χ0) is 14.9. The van der Waals surface area contributed by atoms with Crippen molar-refractivity contribution in [1.29, 1.82) is 0 Å². The number of hydroxylamine groups is 1. The molecule has 0 radical (unpaired) electrons. The normalized spacial score (nSPS) is 16.3. The van der Waals surface area contributed by atoms with E-state index in [-0.39, 0.29) is 6.29 Å². The van der Waals surface area contributed by atoms with Crippen molar-refractivity contribution in [3.63, 3.8) is 0 Å². The Labute approximate surface area is 100 Å². The average molecular weight is 270 g/mol. The number of carboxylic acids is 1. The van der Waals surface area contributed by atoms with Crippen molar-refractivity contribution < 1.29 is 45.1 Å². The lowest BCUT2D eigenvalue weighted by Crippen LogP contribution is -2.48. The molecule has 0 heterocycles. The maximum atomic E-state index is 10.1. The van der Waals surface area contributed by atoms with Crippen LogP contribution in [0.2, 0.25) is 0 Å². The molecule has 2 amide bonds. The quantitative estimate of drug-likeness (QED) is 0.138. The largest absolute Gasteiger partial charge is 0.479 e. The number of primary amides is 1. The summed E-state index contributed by atoms with van der Waals surface area (Å²) in [5.74, 6) is -1.76. The van der Waals surface area contributed by atoms with Gasteiger partial charge >= 0.3 is 12.0 Å². The number of aldehydes is 1. The van der Waals surface area contributed by atoms with E-state index >= 15 is 0 Å². The summed E-state index contributed by atoms with van der Waals surface area (Å²) in [6.45, 7) is 0. The van der Waals surface area contributed by atoms with Crippen LogP contribution in [0.25, 0.3) is 0 Å². The first-order valence-electron chi connectivity index (χ1n) is 4.28. The molecular formula is C7H14N2O9. The van der Waals surface area contributed by atoms with Crippen molar-refractivity contribution in [3.8, 4) is 0 Å². The van der Waals surface area contributed by atoms with Gasteiger partial charge in [0, 0.05) is 0 Å². The Balaban J connectivity index is 0. The molecule has 106 valence electrons. The number of urea groups is 1. The molecule has 11 heteroatoms. The Morgan fingerprint density at radius 3 is 1.72 bits per heavy atom. The summed E-state index contributed by atoms with van der Waals surface area (Å²) in [5.41, 5.74) is 5.46. The molecule has 0 aromatic rings. The molecule has 0 aromatic heterocycles. The first kappa shape index (κ1) is 18.6. The van der Waals surface area contributed by atoms with Gasteiger partial charge in [0.15, 0.2) is 12.4 Å². The first-order chi connectivity index (χ1) is 8.18. The number of amides is 2. The minimum Gasteiger partial charge on any atom is -0.479 e. The van der Waals surface area contributed by atoms with Crippen LogP contribution in [-0.4, -0.2) is 73.4 Å². The highest BCUT2D eigenvalue weighted by atomic mass is 16.5. The van der Waals surface area contributed by atoms with E-state index in [9.17, 15) is 14.4 Å². The predicted molar refractivity (Wildman–Crippen MR) is 52.2 cm³/mol. The molecule has 0 spiro atoms. The lowest BCUT2D eigenvalue weighted by atomic mass is 10.0. The highest BCUT2D eigenvalue weighted by molar-refractivity contribution is 5.73. The Morgan fingerprint density at radius 2 is 1.50 bits per heavy atom. The summed E-state index contributed by atoms with van der Waals surface area (Å²) in [7, 11) is 0. The number of aliphatic carboxylic acids is 1. The molecule has 0 saturated heterocycles. The highest BCUT2D eigenvalue weighted by Gasteiger charge is 2.33. The van der Waals surface area contributed by atoms with E-state index in [1.807, 2.05) is 0 Å². The van der Waals surface area contributed by atoms with E-state index in [0.29, 0.717) is 0 Å². The molecule has 0 aliphatic carbocycles. The van der Waals surface area contributed by atoms with Crippen LogP contribution in [0.5, 0.6) is 0 Å². The molecule has 0 unspecified atom stereocenters. The van der Waals surface area contributed by atoms with Gasteiger partial charge in [0.1, 0.15) is 18.3 Å². The smallest absolute Gasteiger partial charge is 0.335 e. The standard InChI is InChI=1S/C6H10O7.CH4N2O2/c7-1-2(8)3(9)4(10)5(11)6(12)13;2-1(4)3-5/h1-5,8-11H,(H,12,13);5H,(H3,2,3,4)/t2-,3+,4-,5-;/m0./s1. The van der Waals surface area contributed by atoms with E-state index in [1.165, 1.54) is 5.48 Å². The summed E-state index contributed by atoms with van der Waals surface area (Å²) in [6.07, 6.45) is -8.39. The SMILES string of the molecule is NC(=O)NO.O=C[C@H](O)[C@@H](O)[C@H](O)[C@H](O)C(=O)O. The molecule has 0 saturated carbocycles. The van der Waals surface area contributed by atoms with E-state index in [1.54, 1.807) is 0 Å². The summed E-state index contributed by atoms with van der Waals surface area (Å²) < 4.78 is 0. The van der Waals surface area contributed by atoms with Crippen molar-refractivity contribution in [2.75, 3.05) is 0 Å². The summed E-state index contributed by atoms with van der Waals surface area (Å²) in [5, 5.41) is 50.6. The molecular weight excluding hydrogens is 256 g/mol. The second kappa shape index (κ2) is 9.26. The summed E-state index contributed by atoms with van der Waals surface area (Å²) >= 11 is 0. The summed E-state index contributed by atoms with van der Waals surface area (Å²) in [4.78, 5) is 29.2. The number of hydrogen-bond donors (Lipinski definition) is 8. The number of aliphatic hydroxyl groups is 4. The van der Waals surface area contributed by atoms with Crippen LogP contribution in [-0.2, 0) is 9.59 Å². The number of aliphatic hydroxyl groups excluding tert-OH is 4. The third-order valence-electron chi connectivity index (χ3n) is 1.53. The van der Waals surface area contributed by atoms with Crippen molar-refractivity contribution in [3.05, 3.63) is 0 Å². The van der Waals surface area contributed by atoms with Gasteiger partial charge in [-0.2, -0.15) is 0 Å². The van der Waals surface area contributed by atoms with E-state index < -0.39 is 36.4 Å². The Kier molecular flexibility index (Phi) is 9.56. The molecule has 4 atom stereocenters. The zero-order valence-corrected chi connectivity index (χ0v) is 8.87. The van der Waals surface area contributed by atoms with Gasteiger partial charge in [0.2, 0.25) is 0 Å². The van der Waals surface area contributed by atoms with E-state index in [0.717, 1.165) is 0 Å². The molecule has 0 rings (SSSR count). The number of carbonyl (C=O) groups is 3. The fourth-order valence-electron chi connectivity index (χ4n) is 0.615. The highest BCUT2D eigenvalue weighted by Crippen LogP contribution is 2.03. The van der Waals surface area contributed by atoms with Gasteiger partial charge in [-0.1, -0.05) is 0 Å². The number of nitrogens with one attached hydrogen (secondary N) is 1. The lowest BCUT2D eigenvalue weighted by molar-refractivity contribution is -0.163. The predicted octanol–water partition coefficient (Wildman–Crippen LogP) is -4.24. The van der Waals surface area contributed by atoms with Gasteiger partial charge in [-0.15, -0.1) is 0 Å². The number of hydrogen-bond acceptors (Lipinski definition) is 8. The molecule has 0 aliphatic rings. The topological polar surface area (TPSA) is 211 Å². The fraction of sp³-hybridized carbons (Fsp3) is 0.571. The van der Waals surface area contributed by atoms with Crippen LogP contribution in [0.3, 0.4) is 0 Å². The molecule has 11 nitrogen and oxygen atoms in total. The van der Waals surface area contributed by atoms with Crippen LogP contribution in [0, 0.1) is 0 Å². The third-order valence-corrected chi connectivity index (χ3v) is 1.53. The van der Waals surface area contributed by atoms with Gasteiger partial charge in [-0.05, 0) is 0 Å². The second-order valence-corrected chi connectivity index (χ2v) is 2.87. The maximum Gasteiger partial charge on any atom is 0.335 e. The fourth-order valence-corrected chi connectivity index (χ4v) is 0.615. The van der Waals surface area contributed by atoms with Crippen LogP contribution in [0.15, 0.2) is 0 Å². The van der Waals surface area contributed by atoms with E-state index in [2.05, 4.69) is 5.73 Å². The molecule has 0 aromatic carbocycles. The zero-order valence-electron chi connectivity index (χ0n) is 8.87. The van der Waals surface area contributed by atoms with Crippen LogP contribution in [0.1, 0.15) is 0 Å². The second-order valence-electron chi connectivity index (χ2n) is 2.87. The molecule has 0 bridgehead atoms. The number of rotatable bonds is 5. The van der Waals surface area contributed by atoms with Crippen molar-refractivity contribution in [2.45, 2.75) is 24.4 Å². The Hall–Kier alpha value is -1.79. The monoisotopic (exact) mass is 270 g/mol. The maximum absolute atomic E-state index is 10.1. The third kappa shape index (κ3) is 7.48. The molecule has 9 N–H and O–H groups in total. The first-order valence-corrected chi connectivity index (χ1v) is 4.28. The number of carboxylic acid groups (broad SMARTS) is 1. The molecule has 0 fully saturated rings. The van der Waals surface area contributed by atoms with Gasteiger partial charge in [-0.3, -0.25) is 5.21 Å². The van der Waals surface area contributed by atoms with Crippen molar-refractivity contribution in [1.82, 2.24) is 5.48 Å². The van der Waals surface area contributed by atoms with Crippen molar-refractivity contribution in [2.24, 2.45) is 5.73 Å². The van der Waals surface area contributed by atoms with Gasteiger partial charge in [0.05, 0.1) is 0 Å². The van der Waals surface area contributed by atoms with Gasteiger partial charge < -0.3 is 36.1 Å². The van der Waals surface area contributed by atoms with Crippen LogP contribution >= 0.6 is 0 Å². The average Bonchev–Trinajstić information content (AvgIpc) is 2.35. The minimum absolute atomic E-state index is 0.0809. The number of nitrogens with two attached hydrogens (primary N) is 1. The Morgan fingerprint density at radius 1 is 1.11 bits per heavy atom.